The fourth-order valence-electron chi connectivity index (χ4n) is 0. The summed E-state index contributed by atoms with van der Waals surface area (Å²) in [4.78, 5) is 0. The Bertz CT molecular complexity index is 11.7. The summed E-state index contributed by atoms with van der Waals surface area (Å²) < 4.78 is 15.8. The average molecular weight is 197 g/mol. The van der Waals surface area contributed by atoms with E-state index in [2.05, 4.69) is 0 Å². The molecule has 0 fully saturated rings. The van der Waals surface area contributed by atoms with Gasteiger partial charge in [0, 0.05) is 0 Å². The molecule has 6 nitrogen and oxygen atoms in total. The van der Waals surface area contributed by atoms with Crippen molar-refractivity contribution in [1.29, 1.82) is 0 Å². The van der Waals surface area contributed by atoms with Crippen LogP contribution in [0.3, 0.4) is 0 Å². The summed E-state index contributed by atoms with van der Waals surface area (Å²) in [6, 6.07) is 0. The van der Waals surface area contributed by atoms with E-state index in [1.54, 1.807) is 0 Å². The van der Waals surface area contributed by atoms with Gasteiger partial charge in [0.1, 0.15) is 0 Å². The third-order valence-corrected chi connectivity index (χ3v) is 0. The van der Waals surface area contributed by atoms with E-state index in [0.29, 0.717) is 0 Å². The summed E-state index contributed by atoms with van der Waals surface area (Å²) in [5, 5.41) is 24.0. The first kappa shape index (κ1) is 15.7. The van der Waals surface area contributed by atoms with Crippen molar-refractivity contribution in [2.75, 3.05) is 0 Å². The molecule has 7 heavy (non-hydrogen) atoms. The maximum atomic E-state index is 8.62. The third kappa shape index (κ3) is 1390. The summed E-state index contributed by atoms with van der Waals surface area (Å²) in [5.41, 5.74) is 0. The van der Waals surface area contributed by atoms with E-state index < -0.39 is 18.9 Å². The molecule has 0 aliphatic rings. The molecule has 0 unspecified atom stereocenters. The Labute approximate surface area is 47.8 Å². The monoisotopic (exact) mass is 199 g/mol. The predicted molar refractivity (Wildman–Crippen MR) is 13.4 cm³/mol. The van der Waals surface area contributed by atoms with Crippen LogP contribution in [0.25, 0.3) is 0 Å². The van der Waals surface area contributed by atoms with Gasteiger partial charge in [-0.15, -0.1) is 0 Å². The summed E-state index contributed by atoms with van der Waals surface area (Å²) in [5.74, 6) is 0. The first-order valence-electron chi connectivity index (χ1n) is 0.749. The topological polar surface area (TPSA) is 118 Å². The zero-order chi connectivity index (χ0) is 6.71. The van der Waals surface area contributed by atoms with Crippen molar-refractivity contribution in [2.45, 2.75) is 0 Å². The van der Waals surface area contributed by atoms with E-state index in [9.17, 15) is 0 Å². The minimum absolute atomic E-state index is 1.78. The second-order valence-electron chi connectivity index (χ2n) is 0.0745. The molecule has 0 amide bonds. The Morgan fingerprint density at radius 1 is 1.00 bits per heavy atom. The van der Waals surface area contributed by atoms with E-state index in [0.717, 1.165) is 0 Å². The van der Waals surface area contributed by atoms with Crippen LogP contribution in [0.15, 0.2) is 0 Å². The molecule has 0 aromatic heterocycles. The second-order valence-corrected chi connectivity index (χ2v) is 0.441. The molecule has 47 valence electrons. The van der Waals surface area contributed by atoms with E-state index in [4.69, 9.17) is 28.2 Å². The third-order valence-electron chi connectivity index (χ3n) is 0. The first-order chi connectivity index (χ1) is 3.41. The van der Waals surface area contributed by atoms with Crippen LogP contribution < -0.4 is 0 Å². The normalized spacial score (nSPS) is 3.57. The standard InChI is InChI=1S/Mo.2H2O2.H2O.O/c;2*1-2;;/h;2*1-2H;1H2;/q+1;;;;/p-1. The van der Waals surface area contributed by atoms with Crippen molar-refractivity contribution in [3.8, 4) is 0 Å². The van der Waals surface area contributed by atoms with Crippen LogP contribution in [0, 0.1) is 0 Å². The minimum atomic E-state index is -1.78. The molecule has 0 bridgehead atoms. The van der Waals surface area contributed by atoms with Crippen molar-refractivity contribution >= 4 is 0 Å². The van der Waals surface area contributed by atoms with Crippen molar-refractivity contribution in [3.05, 3.63) is 0 Å². The van der Waals surface area contributed by atoms with Crippen molar-refractivity contribution in [3.63, 3.8) is 0 Å². The Balaban J connectivity index is -0.0000000360. The fourth-order valence-corrected chi connectivity index (χ4v) is 0. The van der Waals surface area contributed by atoms with Gasteiger partial charge in [0.2, 0.25) is 0 Å². The van der Waals surface area contributed by atoms with Crippen molar-refractivity contribution in [2.24, 2.45) is 0 Å². The second kappa shape index (κ2) is 106. The van der Waals surface area contributed by atoms with Crippen LogP contribution in [0.5, 0.6) is 0 Å². The van der Waals surface area contributed by atoms with E-state index in [-0.39, 0.29) is 0 Å². The van der Waals surface area contributed by atoms with Gasteiger partial charge in [0.15, 0.2) is 0 Å². The van der Waals surface area contributed by atoms with Gasteiger partial charge in [-0.1, -0.05) is 0 Å². The molecule has 7 heteroatoms. The molecule has 0 radical (unpaired) electrons. The molecule has 0 saturated heterocycles. The number of hydrogen-bond donors (Lipinski definition) is 5. The molecular weight excluding hydrogens is 192 g/mol. The fraction of sp³-hybridized carbons (Fsp3) is 0. The van der Waals surface area contributed by atoms with Gasteiger partial charge >= 0.3 is 26.1 Å². The van der Waals surface area contributed by atoms with Gasteiger partial charge in [0.05, 0.1) is 0 Å². The molecule has 0 heterocycles. The summed E-state index contributed by atoms with van der Waals surface area (Å²) in [6.07, 6.45) is 0. The average Bonchev–Trinajstić information content (AvgIpc) is 1.78. The molecule has 0 aliphatic carbocycles. The van der Waals surface area contributed by atoms with Crippen LogP contribution >= 0.6 is 0 Å². The molecule has 0 spiro atoms. The van der Waals surface area contributed by atoms with Crippen LogP contribution in [0.1, 0.15) is 0 Å². The molecule has 0 aliphatic heterocycles. The molecule has 0 aromatic carbocycles. The Morgan fingerprint density at radius 3 is 1.00 bits per heavy atom. The Morgan fingerprint density at radius 2 is 1.00 bits per heavy atom. The van der Waals surface area contributed by atoms with Gasteiger partial charge in [-0.05, 0) is 0 Å². The summed E-state index contributed by atoms with van der Waals surface area (Å²) >= 11 is -1.78. The molecule has 0 saturated carbocycles. The molecule has 0 rings (SSSR count). The van der Waals surface area contributed by atoms with Crippen molar-refractivity contribution < 1.29 is 47.1 Å². The number of rotatable bonds is 0. The van der Waals surface area contributed by atoms with Gasteiger partial charge in [-0.2, -0.15) is 0 Å². The Kier molecular flexibility index (Phi) is 237. The van der Waals surface area contributed by atoms with E-state index >= 15 is 0 Å². The van der Waals surface area contributed by atoms with E-state index in [1.807, 2.05) is 0 Å². The molecule has 0 atom stereocenters. The van der Waals surface area contributed by atoms with Crippen LogP contribution in [-0.2, 0) is 22.3 Å². The SMILES string of the molecule is OO.OO.[O]=[Mo][OH]. The maximum absolute atomic E-state index is 8.62. The van der Waals surface area contributed by atoms with Crippen LogP contribution in [0.2, 0.25) is 0 Å². The zero-order valence-corrected chi connectivity index (χ0v) is 5.06. The summed E-state index contributed by atoms with van der Waals surface area (Å²) in [7, 11) is 0. The molecular formula is H5MoO6. The van der Waals surface area contributed by atoms with Crippen molar-refractivity contribution in [1.82, 2.24) is 0 Å². The Hall–Kier alpha value is 0.288. The quantitative estimate of drug-likeness (QED) is 0.200. The molecule has 0 aromatic rings. The van der Waals surface area contributed by atoms with Gasteiger partial charge < -0.3 is 0 Å². The van der Waals surface area contributed by atoms with Crippen LogP contribution in [-0.4, -0.2) is 24.8 Å². The van der Waals surface area contributed by atoms with Crippen LogP contribution in [0.4, 0.5) is 0 Å². The zero-order valence-electron chi connectivity index (χ0n) is 3.05. The number of hydrogen-bond acceptors (Lipinski definition) is 5. The molecule has 5 N–H and O–H groups in total. The van der Waals surface area contributed by atoms with Gasteiger partial charge in [-0.3, -0.25) is 21.0 Å². The van der Waals surface area contributed by atoms with Gasteiger partial charge in [0.25, 0.3) is 0 Å². The van der Waals surface area contributed by atoms with Gasteiger partial charge in [-0.25, -0.2) is 0 Å². The van der Waals surface area contributed by atoms with E-state index in [1.165, 1.54) is 0 Å². The predicted octanol–water partition coefficient (Wildman–Crippen LogP) is -0.643. The summed E-state index contributed by atoms with van der Waals surface area (Å²) in [6.45, 7) is 0. The first-order valence-corrected chi connectivity index (χ1v) is 2.47.